The monoisotopic (exact) mass is 977 g/mol. The molecule has 0 aliphatic carbocycles. The molecule has 15 heteroatoms. The third kappa shape index (κ3) is 18.6. The van der Waals surface area contributed by atoms with Gasteiger partial charge in [-0.3, -0.25) is 28.8 Å². The number of carboxylic acids is 1. The number of nitrogens with one attached hydrogen (secondary N) is 4. The van der Waals surface area contributed by atoms with Crippen LogP contribution in [0.15, 0.2) is 85.5 Å². The van der Waals surface area contributed by atoms with E-state index in [0.29, 0.717) is 50.9 Å². The van der Waals surface area contributed by atoms with Gasteiger partial charge >= 0.3 is 12.0 Å². The van der Waals surface area contributed by atoms with Crippen LogP contribution < -0.4 is 31.9 Å². The Balaban J connectivity index is 1.26. The Hall–Kier alpha value is -6.61. The molecular weight excluding hydrogens is 901 g/mol. The van der Waals surface area contributed by atoms with Crippen LogP contribution in [0.3, 0.4) is 0 Å². The average Bonchev–Trinajstić information content (AvgIpc) is 3.31. The van der Waals surface area contributed by atoms with Crippen LogP contribution in [0, 0.1) is 29.1 Å². The number of hydrogen-bond acceptors (Lipinski definition) is 8. The molecule has 1 aliphatic heterocycles. The van der Waals surface area contributed by atoms with Crippen LogP contribution in [0.25, 0.3) is 12.2 Å². The van der Waals surface area contributed by atoms with Crippen molar-refractivity contribution in [2.75, 3.05) is 29.9 Å². The molecular formula is C56H76N6O9. The summed E-state index contributed by atoms with van der Waals surface area (Å²) in [6, 6.07) is 21.2. The predicted molar refractivity (Wildman–Crippen MR) is 279 cm³/mol. The lowest BCUT2D eigenvalue weighted by Gasteiger charge is -2.30. The number of amides is 6. The first-order valence-electron chi connectivity index (χ1n) is 24.8. The van der Waals surface area contributed by atoms with Crippen molar-refractivity contribution in [2.24, 2.45) is 34.8 Å². The highest BCUT2D eigenvalue weighted by molar-refractivity contribution is 5.99. The van der Waals surface area contributed by atoms with Crippen LogP contribution in [0.2, 0.25) is 0 Å². The van der Waals surface area contributed by atoms with Crippen LogP contribution in [-0.2, 0) is 46.5 Å². The number of ketones is 1. The second-order valence-corrected chi connectivity index (χ2v) is 20.2. The van der Waals surface area contributed by atoms with E-state index in [2.05, 4.69) is 33.9 Å². The number of aliphatic carboxylic acids is 1. The van der Waals surface area contributed by atoms with E-state index in [9.17, 15) is 38.7 Å². The molecule has 384 valence electrons. The van der Waals surface area contributed by atoms with Crippen molar-refractivity contribution in [3.63, 3.8) is 0 Å². The standard InChI is InChI=1S/C56H76N6O9/c1-9-39(33-38(4)53(68)69)34-40-20-24-44(25-21-40)60-52(67)46(18-14-30-59-54(57)70)61-51(66)45(37(2)3)35-48(63)55(5,6)29-32-71-56(7,8)28-31-58-49(64)26-27-50(65)62-36-43-17-11-10-15-41(43)22-23-42-16-12-13-19-47(42)62/h9-13,15-17,19-25,37-39,45-46H,1,14,18,26-36H2,2-8H3,(H,58,64)(H,60,67)(H,61,66)(H,68,69)(H3,57,59,70)/b23-22-/t38-,39+,45-,46-/m0/s1. The molecule has 0 saturated heterocycles. The van der Waals surface area contributed by atoms with Gasteiger partial charge in [0.2, 0.25) is 23.6 Å². The van der Waals surface area contributed by atoms with Gasteiger partial charge in [-0.05, 0) is 105 Å². The molecule has 4 atom stereocenters. The van der Waals surface area contributed by atoms with Gasteiger partial charge in [0, 0.05) is 56.0 Å². The van der Waals surface area contributed by atoms with E-state index in [1.807, 2.05) is 108 Å². The van der Waals surface area contributed by atoms with Crippen LogP contribution in [0.4, 0.5) is 16.2 Å². The SMILES string of the molecule is C=C[C@@H](Cc1ccc(NC(=O)[C@H](CCCNC(N)=O)NC(=O)[C@@H](CC(=O)C(C)(C)CCOC(C)(C)CCNC(=O)CCC(=O)N2Cc3ccccc3/C=C\c3ccccc32)C(C)C)cc1)C[C@H](C)C(=O)O. The molecule has 0 aromatic heterocycles. The summed E-state index contributed by atoms with van der Waals surface area (Å²) in [5.74, 6) is -3.82. The number of hydrogen-bond donors (Lipinski definition) is 6. The highest BCUT2D eigenvalue weighted by Crippen LogP contribution is 2.31. The second-order valence-electron chi connectivity index (χ2n) is 20.2. The molecule has 0 radical (unpaired) electrons. The topological polar surface area (TPSA) is 226 Å². The van der Waals surface area contributed by atoms with Crippen molar-refractivity contribution in [1.29, 1.82) is 0 Å². The first-order valence-corrected chi connectivity index (χ1v) is 24.8. The molecule has 3 aromatic carbocycles. The number of nitrogens with two attached hydrogens (primary N) is 1. The number of Topliss-reactive ketones (excluding diaryl/α,β-unsaturated/α-hetero) is 1. The molecule has 0 saturated carbocycles. The number of primary amides is 1. The van der Waals surface area contributed by atoms with Crippen LogP contribution in [0.5, 0.6) is 0 Å². The summed E-state index contributed by atoms with van der Waals surface area (Å²) in [6.07, 6.45) is 8.26. The van der Waals surface area contributed by atoms with E-state index >= 15 is 0 Å². The first kappa shape index (κ1) is 57.0. The Kier molecular flexibility index (Phi) is 21.8. The van der Waals surface area contributed by atoms with Gasteiger partial charge in [-0.2, -0.15) is 0 Å². The van der Waals surface area contributed by atoms with Crippen LogP contribution in [-0.4, -0.2) is 77.9 Å². The third-order valence-electron chi connectivity index (χ3n) is 13.2. The lowest BCUT2D eigenvalue weighted by atomic mass is 9.78. The molecule has 1 aliphatic rings. The zero-order valence-electron chi connectivity index (χ0n) is 42.7. The first-order chi connectivity index (χ1) is 33.6. The number of urea groups is 1. The molecule has 0 bridgehead atoms. The van der Waals surface area contributed by atoms with Crippen LogP contribution in [0.1, 0.15) is 122 Å². The molecule has 6 amide bonds. The molecule has 71 heavy (non-hydrogen) atoms. The maximum atomic E-state index is 13.9. The molecule has 0 unspecified atom stereocenters. The smallest absolute Gasteiger partial charge is 0.312 e. The lowest BCUT2D eigenvalue weighted by molar-refractivity contribution is -0.141. The van der Waals surface area contributed by atoms with Gasteiger partial charge in [-0.15, -0.1) is 6.58 Å². The minimum absolute atomic E-state index is 0.0381. The molecule has 7 N–H and O–H groups in total. The summed E-state index contributed by atoms with van der Waals surface area (Å²) in [7, 11) is 0. The minimum Gasteiger partial charge on any atom is -0.481 e. The van der Waals surface area contributed by atoms with Crippen molar-refractivity contribution in [2.45, 2.75) is 124 Å². The van der Waals surface area contributed by atoms with Gasteiger partial charge in [-0.1, -0.05) is 107 Å². The summed E-state index contributed by atoms with van der Waals surface area (Å²) < 4.78 is 6.25. The van der Waals surface area contributed by atoms with Crippen molar-refractivity contribution in [3.05, 3.63) is 108 Å². The number of carbonyl (C=O) groups is 7. The highest BCUT2D eigenvalue weighted by Gasteiger charge is 2.35. The number of benzene rings is 3. The van der Waals surface area contributed by atoms with Crippen molar-refractivity contribution >= 4 is 64.9 Å². The molecule has 3 aromatic rings. The fourth-order valence-corrected chi connectivity index (χ4v) is 8.36. The quantitative estimate of drug-likeness (QED) is 0.0303. The lowest BCUT2D eigenvalue weighted by Crippen LogP contribution is -2.48. The fraction of sp³-hybridized carbons (Fsp3) is 0.482. The number of fused-ring (bicyclic) bond motifs is 2. The van der Waals surface area contributed by atoms with Crippen molar-refractivity contribution < 1.29 is 43.4 Å². The number of anilines is 2. The third-order valence-corrected chi connectivity index (χ3v) is 13.2. The average molecular weight is 977 g/mol. The number of para-hydroxylation sites is 1. The van der Waals surface area contributed by atoms with Crippen molar-refractivity contribution in [1.82, 2.24) is 16.0 Å². The Bertz CT molecular complexity index is 2360. The fourth-order valence-electron chi connectivity index (χ4n) is 8.36. The van der Waals surface area contributed by atoms with Gasteiger partial charge in [0.1, 0.15) is 11.8 Å². The van der Waals surface area contributed by atoms with Crippen LogP contribution >= 0.6 is 0 Å². The molecule has 15 nitrogen and oxygen atoms in total. The Morgan fingerprint density at radius 1 is 0.831 bits per heavy atom. The summed E-state index contributed by atoms with van der Waals surface area (Å²) in [6.45, 7) is 17.9. The van der Waals surface area contributed by atoms with E-state index in [0.717, 1.165) is 27.9 Å². The van der Waals surface area contributed by atoms with Gasteiger partial charge in [0.15, 0.2) is 0 Å². The number of rotatable bonds is 28. The second kappa shape index (κ2) is 27.1. The summed E-state index contributed by atoms with van der Waals surface area (Å²) in [5, 5.41) is 20.5. The number of ether oxygens (including phenoxy) is 1. The van der Waals surface area contributed by atoms with Gasteiger partial charge in [0.25, 0.3) is 0 Å². The van der Waals surface area contributed by atoms with E-state index in [1.54, 1.807) is 30.0 Å². The van der Waals surface area contributed by atoms with E-state index in [1.165, 1.54) is 0 Å². The van der Waals surface area contributed by atoms with E-state index in [4.69, 9.17) is 10.5 Å². The Morgan fingerprint density at radius 3 is 2.15 bits per heavy atom. The Morgan fingerprint density at radius 2 is 1.49 bits per heavy atom. The van der Waals surface area contributed by atoms with E-state index < -0.39 is 52.7 Å². The highest BCUT2D eigenvalue weighted by atomic mass is 16.5. The zero-order valence-corrected chi connectivity index (χ0v) is 42.7. The molecule has 4 rings (SSSR count). The largest absolute Gasteiger partial charge is 0.481 e. The number of allylic oxidation sites excluding steroid dienone is 1. The normalized spacial score (nSPS) is 14.5. The van der Waals surface area contributed by atoms with Crippen molar-refractivity contribution in [3.8, 4) is 0 Å². The number of nitrogens with zero attached hydrogens (tertiary/aromatic N) is 1. The summed E-state index contributed by atoms with van der Waals surface area (Å²) in [5.41, 5.74) is 8.98. The summed E-state index contributed by atoms with van der Waals surface area (Å²) in [4.78, 5) is 92.6. The number of carboxylic acid groups (broad SMARTS) is 1. The van der Waals surface area contributed by atoms with E-state index in [-0.39, 0.29) is 68.3 Å². The minimum atomic E-state index is -0.990. The predicted octanol–water partition coefficient (Wildman–Crippen LogP) is 8.46. The molecule has 1 heterocycles. The molecule has 0 spiro atoms. The maximum Gasteiger partial charge on any atom is 0.312 e. The number of carbonyl (C=O) groups excluding carboxylic acids is 6. The van der Waals surface area contributed by atoms with Gasteiger partial charge in [0.05, 0.1) is 23.8 Å². The van der Waals surface area contributed by atoms with Gasteiger partial charge < -0.3 is 41.7 Å². The maximum absolute atomic E-state index is 13.9. The summed E-state index contributed by atoms with van der Waals surface area (Å²) >= 11 is 0. The van der Waals surface area contributed by atoms with Gasteiger partial charge in [-0.25, -0.2) is 4.79 Å². The molecule has 0 fully saturated rings. The Labute approximate surface area is 419 Å². The zero-order chi connectivity index (χ0) is 52.3.